The Morgan fingerprint density at radius 3 is 2.43 bits per heavy atom. The molecule has 0 aliphatic carbocycles. The van der Waals surface area contributed by atoms with Crippen LogP contribution in [0, 0.1) is 12.7 Å². The third kappa shape index (κ3) is 5.37. The highest BCUT2D eigenvalue weighted by Crippen LogP contribution is 2.33. The number of nitrogens with one attached hydrogen (secondary N) is 2. The van der Waals surface area contributed by atoms with E-state index in [-0.39, 0.29) is 22.7 Å². The molecule has 0 radical (unpaired) electrons. The molecule has 0 spiro atoms. The van der Waals surface area contributed by atoms with Crippen molar-refractivity contribution in [2.75, 3.05) is 5.32 Å². The zero-order chi connectivity index (χ0) is 21.9. The molecule has 2 aromatic carbocycles. The van der Waals surface area contributed by atoms with E-state index in [4.69, 9.17) is 4.74 Å². The largest absolute Gasteiger partial charge is 0.573 e. The molecule has 0 saturated heterocycles. The summed E-state index contributed by atoms with van der Waals surface area (Å²) in [6, 6.07) is 9.10. The minimum atomic E-state index is -4.96. The van der Waals surface area contributed by atoms with E-state index in [1.807, 2.05) is 0 Å². The van der Waals surface area contributed by atoms with E-state index in [0.717, 1.165) is 30.3 Å². The van der Waals surface area contributed by atoms with Crippen LogP contribution in [0.3, 0.4) is 0 Å². The Labute approximate surface area is 167 Å². The third-order valence-corrected chi connectivity index (χ3v) is 3.82. The molecule has 0 aliphatic rings. The van der Waals surface area contributed by atoms with Gasteiger partial charge in [0, 0.05) is 18.0 Å². The lowest BCUT2D eigenvalue weighted by Crippen LogP contribution is -2.19. The van der Waals surface area contributed by atoms with Crippen molar-refractivity contribution in [1.82, 2.24) is 4.98 Å². The van der Waals surface area contributed by atoms with Gasteiger partial charge >= 0.3 is 6.36 Å². The van der Waals surface area contributed by atoms with Gasteiger partial charge in [-0.05, 0) is 55.0 Å². The summed E-state index contributed by atoms with van der Waals surface area (Å²) in [5, 5.41) is 2.40. The first kappa shape index (κ1) is 20.9. The molecule has 0 bridgehead atoms. The summed E-state index contributed by atoms with van der Waals surface area (Å²) in [6.45, 7) is 1.57. The average molecular weight is 422 g/mol. The second-order valence-electron chi connectivity index (χ2n) is 6.11. The average Bonchev–Trinajstić information content (AvgIpc) is 2.64. The number of aromatic amines is 1. The van der Waals surface area contributed by atoms with Gasteiger partial charge in [0.05, 0.1) is 5.56 Å². The first-order chi connectivity index (χ1) is 14.1. The van der Waals surface area contributed by atoms with Crippen molar-refractivity contribution < 1.29 is 31.8 Å². The molecule has 156 valence electrons. The third-order valence-electron chi connectivity index (χ3n) is 3.82. The van der Waals surface area contributed by atoms with Crippen molar-refractivity contribution in [3.05, 3.63) is 82.0 Å². The van der Waals surface area contributed by atoms with Crippen molar-refractivity contribution in [2.24, 2.45) is 0 Å². The summed E-state index contributed by atoms with van der Waals surface area (Å²) in [4.78, 5) is 26.4. The Morgan fingerprint density at radius 1 is 1.03 bits per heavy atom. The van der Waals surface area contributed by atoms with E-state index < -0.39 is 29.4 Å². The number of anilines is 1. The molecule has 6 nitrogen and oxygen atoms in total. The lowest BCUT2D eigenvalue weighted by atomic mass is 10.1. The van der Waals surface area contributed by atoms with Crippen LogP contribution < -0.4 is 20.3 Å². The number of halogens is 4. The Hall–Kier alpha value is -3.82. The summed E-state index contributed by atoms with van der Waals surface area (Å²) in [6.07, 6.45) is -3.67. The Kier molecular flexibility index (Phi) is 5.77. The molecule has 3 rings (SSSR count). The van der Waals surface area contributed by atoms with E-state index in [1.54, 1.807) is 6.92 Å². The molecule has 10 heteroatoms. The molecule has 1 aromatic heterocycles. The van der Waals surface area contributed by atoms with Crippen LogP contribution in [0.5, 0.6) is 17.2 Å². The fraction of sp³-hybridized carbons (Fsp3) is 0.100. The topological polar surface area (TPSA) is 80.4 Å². The molecule has 2 N–H and O–H groups in total. The molecule has 0 atom stereocenters. The SMILES string of the molecule is Cc1cc(F)ccc1Oc1ccc(OC(F)(F)F)cc1C(=O)Nc1cc[nH]c(=O)c1. The molecule has 1 amide bonds. The van der Waals surface area contributed by atoms with Crippen LogP contribution in [0.25, 0.3) is 0 Å². The highest BCUT2D eigenvalue weighted by molar-refractivity contribution is 6.06. The number of H-pyrrole nitrogens is 1. The van der Waals surface area contributed by atoms with E-state index >= 15 is 0 Å². The van der Waals surface area contributed by atoms with Gasteiger partial charge in [-0.15, -0.1) is 13.2 Å². The Morgan fingerprint density at radius 2 is 1.77 bits per heavy atom. The highest BCUT2D eigenvalue weighted by Gasteiger charge is 2.31. The van der Waals surface area contributed by atoms with Gasteiger partial charge in [0.1, 0.15) is 23.1 Å². The van der Waals surface area contributed by atoms with Gasteiger partial charge in [-0.25, -0.2) is 4.39 Å². The summed E-state index contributed by atoms with van der Waals surface area (Å²) < 4.78 is 60.5. The number of ether oxygens (including phenoxy) is 2. The minimum Gasteiger partial charge on any atom is -0.456 e. The first-order valence-electron chi connectivity index (χ1n) is 8.44. The molecule has 30 heavy (non-hydrogen) atoms. The van der Waals surface area contributed by atoms with Crippen LogP contribution in [0.1, 0.15) is 15.9 Å². The van der Waals surface area contributed by atoms with Gasteiger partial charge in [0.25, 0.3) is 5.91 Å². The Bertz CT molecular complexity index is 1140. The van der Waals surface area contributed by atoms with Gasteiger partial charge in [-0.1, -0.05) is 0 Å². The van der Waals surface area contributed by atoms with Crippen LogP contribution in [-0.4, -0.2) is 17.3 Å². The van der Waals surface area contributed by atoms with Crippen molar-refractivity contribution in [2.45, 2.75) is 13.3 Å². The predicted octanol–water partition coefficient (Wildman–Crippen LogP) is 4.77. The van der Waals surface area contributed by atoms with Crippen LogP contribution >= 0.6 is 0 Å². The van der Waals surface area contributed by atoms with Gasteiger partial charge in [-0.3, -0.25) is 9.59 Å². The van der Waals surface area contributed by atoms with Crippen LogP contribution in [-0.2, 0) is 0 Å². The number of amides is 1. The van der Waals surface area contributed by atoms with E-state index in [9.17, 15) is 27.2 Å². The van der Waals surface area contributed by atoms with Gasteiger partial charge in [0.2, 0.25) is 5.56 Å². The normalized spacial score (nSPS) is 11.1. The summed E-state index contributed by atoms with van der Waals surface area (Å²) in [5.41, 5.74) is -0.248. The lowest BCUT2D eigenvalue weighted by Gasteiger charge is -2.15. The number of hydrogen-bond acceptors (Lipinski definition) is 4. The standard InChI is InChI=1S/C20H14F4N2O4/c1-11-8-12(21)2-4-16(11)29-17-5-3-14(30-20(22,23)24)10-15(17)19(28)26-13-6-7-25-18(27)9-13/h2-10H,1H3,(H2,25,26,27,28). The fourth-order valence-electron chi connectivity index (χ4n) is 2.54. The predicted molar refractivity (Wildman–Crippen MR) is 99.4 cm³/mol. The quantitative estimate of drug-likeness (QED) is 0.581. The lowest BCUT2D eigenvalue weighted by molar-refractivity contribution is -0.274. The monoisotopic (exact) mass is 422 g/mol. The molecule has 0 aliphatic heterocycles. The number of pyridine rings is 1. The zero-order valence-electron chi connectivity index (χ0n) is 15.3. The maximum atomic E-state index is 13.3. The first-order valence-corrected chi connectivity index (χ1v) is 8.44. The summed E-state index contributed by atoms with van der Waals surface area (Å²) >= 11 is 0. The smallest absolute Gasteiger partial charge is 0.456 e. The van der Waals surface area contributed by atoms with Crippen LogP contribution in [0.15, 0.2) is 59.5 Å². The second kappa shape index (κ2) is 8.27. The van der Waals surface area contributed by atoms with E-state index in [0.29, 0.717) is 5.56 Å². The number of rotatable bonds is 5. The molecule has 3 aromatic rings. The summed E-state index contributed by atoms with van der Waals surface area (Å²) in [7, 11) is 0. The van der Waals surface area contributed by atoms with E-state index in [2.05, 4.69) is 15.0 Å². The molecule has 0 fully saturated rings. The highest BCUT2D eigenvalue weighted by atomic mass is 19.4. The second-order valence-corrected chi connectivity index (χ2v) is 6.11. The van der Waals surface area contributed by atoms with Crippen molar-refractivity contribution in [1.29, 1.82) is 0 Å². The maximum absolute atomic E-state index is 13.3. The molecular weight excluding hydrogens is 408 g/mol. The Balaban J connectivity index is 1.98. The van der Waals surface area contributed by atoms with Crippen molar-refractivity contribution in [3.8, 4) is 17.2 Å². The number of carbonyl (C=O) groups excluding carboxylic acids is 1. The van der Waals surface area contributed by atoms with Gasteiger partial charge < -0.3 is 19.8 Å². The van der Waals surface area contributed by atoms with Crippen molar-refractivity contribution >= 4 is 11.6 Å². The van der Waals surface area contributed by atoms with Crippen LogP contribution in [0.2, 0.25) is 0 Å². The maximum Gasteiger partial charge on any atom is 0.573 e. The molecule has 0 unspecified atom stereocenters. The number of alkyl halides is 3. The summed E-state index contributed by atoms with van der Waals surface area (Å²) in [5.74, 6) is -1.88. The van der Waals surface area contributed by atoms with Gasteiger partial charge in [-0.2, -0.15) is 0 Å². The molecular formula is C20H14F4N2O4. The molecule has 1 heterocycles. The minimum absolute atomic E-state index is 0.0958. The van der Waals surface area contributed by atoms with Crippen LogP contribution in [0.4, 0.5) is 23.2 Å². The number of aryl methyl sites for hydroxylation is 1. The number of benzene rings is 2. The fourth-order valence-corrected chi connectivity index (χ4v) is 2.54. The number of hydrogen-bond donors (Lipinski definition) is 2. The zero-order valence-corrected chi connectivity index (χ0v) is 15.3. The van der Waals surface area contributed by atoms with Gasteiger partial charge in [0.15, 0.2) is 0 Å². The van der Waals surface area contributed by atoms with Crippen molar-refractivity contribution in [3.63, 3.8) is 0 Å². The molecule has 0 saturated carbocycles. The number of aromatic nitrogens is 1. The number of carbonyl (C=O) groups is 1. The van der Waals surface area contributed by atoms with E-state index in [1.165, 1.54) is 24.4 Å².